The fraction of sp³-hybridized carbons (Fsp3) is 0.138. The molecular formula is C29H28BF4NO3. The molecule has 3 aromatic rings. The minimum Gasteiger partial charge on any atom is -0.490 e. The molecule has 0 spiro atoms. The SMILES string of the molecule is CCOc1ccc(C(=[NH2+])C=C2C=C(c3ccccc3)C=C(c3ccccc3)O2)cc1OCC.F[B-](F)(F)F. The number of nitrogens with two attached hydrogens (primary N) is 1. The van der Waals surface area contributed by atoms with Crippen LogP contribution in [0.3, 0.4) is 0 Å². The predicted molar refractivity (Wildman–Crippen MR) is 143 cm³/mol. The Morgan fingerprint density at radius 1 is 0.789 bits per heavy atom. The maximum atomic E-state index is 9.75. The van der Waals surface area contributed by atoms with Crippen molar-refractivity contribution in [1.82, 2.24) is 0 Å². The lowest BCUT2D eigenvalue weighted by Crippen LogP contribution is -2.39. The van der Waals surface area contributed by atoms with E-state index < -0.39 is 7.25 Å². The van der Waals surface area contributed by atoms with Gasteiger partial charge in [-0.2, -0.15) is 0 Å². The Kier molecular flexibility index (Phi) is 9.93. The zero-order valence-corrected chi connectivity index (χ0v) is 21.0. The van der Waals surface area contributed by atoms with Crippen molar-refractivity contribution in [2.75, 3.05) is 13.2 Å². The third-order valence-electron chi connectivity index (χ3n) is 5.15. The molecule has 198 valence electrons. The van der Waals surface area contributed by atoms with E-state index in [4.69, 9.17) is 19.6 Å². The summed E-state index contributed by atoms with van der Waals surface area (Å²) in [6, 6.07) is 26.0. The van der Waals surface area contributed by atoms with E-state index in [9.17, 15) is 17.3 Å². The average Bonchev–Trinajstić information content (AvgIpc) is 2.90. The number of ether oxygens (including phenoxy) is 3. The second-order valence-corrected chi connectivity index (χ2v) is 7.97. The number of halogens is 4. The van der Waals surface area contributed by atoms with Crippen molar-refractivity contribution in [2.45, 2.75) is 13.8 Å². The summed E-state index contributed by atoms with van der Waals surface area (Å²) in [5.41, 5.74) is 4.58. The molecule has 4 rings (SSSR count). The first-order valence-electron chi connectivity index (χ1n) is 12.0. The molecule has 0 amide bonds. The largest absolute Gasteiger partial charge is 0.673 e. The van der Waals surface area contributed by atoms with Crippen LogP contribution in [0.5, 0.6) is 11.5 Å². The molecule has 0 unspecified atom stereocenters. The van der Waals surface area contributed by atoms with E-state index >= 15 is 0 Å². The zero-order chi connectivity index (χ0) is 27.5. The lowest BCUT2D eigenvalue weighted by Gasteiger charge is -2.18. The maximum Gasteiger partial charge on any atom is 0.673 e. The van der Waals surface area contributed by atoms with Crippen LogP contribution in [-0.4, -0.2) is 26.2 Å². The molecule has 0 bridgehead atoms. The Morgan fingerprint density at radius 3 is 1.92 bits per heavy atom. The van der Waals surface area contributed by atoms with Crippen LogP contribution in [0.15, 0.2) is 103 Å². The van der Waals surface area contributed by atoms with Gasteiger partial charge >= 0.3 is 7.25 Å². The molecule has 1 heterocycles. The number of benzene rings is 3. The third kappa shape index (κ3) is 8.69. The highest BCUT2D eigenvalue weighted by Gasteiger charge is 2.20. The van der Waals surface area contributed by atoms with Crippen molar-refractivity contribution in [2.24, 2.45) is 0 Å². The molecule has 38 heavy (non-hydrogen) atoms. The van der Waals surface area contributed by atoms with Crippen LogP contribution in [0.4, 0.5) is 17.3 Å². The second-order valence-electron chi connectivity index (χ2n) is 7.97. The molecule has 0 aromatic heterocycles. The van der Waals surface area contributed by atoms with Crippen LogP contribution in [0.1, 0.15) is 30.5 Å². The van der Waals surface area contributed by atoms with Gasteiger partial charge in [-0.05, 0) is 55.3 Å². The van der Waals surface area contributed by atoms with Crippen LogP contribution in [0.2, 0.25) is 0 Å². The molecule has 0 saturated carbocycles. The van der Waals surface area contributed by atoms with Crippen molar-refractivity contribution in [1.29, 1.82) is 0 Å². The third-order valence-corrected chi connectivity index (χ3v) is 5.15. The first-order valence-corrected chi connectivity index (χ1v) is 12.0. The molecule has 4 nitrogen and oxygen atoms in total. The first kappa shape index (κ1) is 28.3. The van der Waals surface area contributed by atoms with Gasteiger partial charge in [0.25, 0.3) is 0 Å². The van der Waals surface area contributed by atoms with Gasteiger partial charge in [-0.3, -0.25) is 5.41 Å². The molecule has 1 aliphatic rings. The summed E-state index contributed by atoms with van der Waals surface area (Å²) in [6.45, 7) is 5.00. The number of allylic oxidation sites excluding steroid dienone is 4. The fourth-order valence-corrected chi connectivity index (χ4v) is 3.60. The van der Waals surface area contributed by atoms with Crippen LogP contribution in [-0.2, 0) is 4.74 Å². The van der Waals surface area contributed by atoms with Gasteiger partial charge in [0.05, 0.1) is 19.3 Å². The van der Waals surface area contributed by atoms with Gasteiger partial charge in [-0.1, -0.05) is 60.7 Å². The molecule has 0 radical (unpaired) electrons. The lowest BCUT2D eigenvalue weighted by molar-refractivity contribution is -0.111. The van der Waals surface area contributed by atoms with E-state index in [-0.39, 0.29) is 0 Å². The van der Waals surface area contributed by atoms with Gasteiger partial charge in [0.2, 0.25) is 5.71 Å². The molecule has 0 atom stereocenters. The highest BCUT2D eigenvalue weighted by molar-refractivity contribution is 6.50. The van der Waals surface area contributed by atoms with Crippen molar-refractivity contribution in [3.8, 4) is 11.5 Å². The van der Waals surface area contributed by atoms with E-state index in [0.29, 0.717) is 36.2 Å². The maximum absolute atomic E-state index is 9.75. The smallest absolute Gasteiger partial charge is 0.490 e. The molecule has 2 N–H and O–H groups in total. The topological polar surface area (TPSA) is 53.3 Å². The summed E-state index contributed by atoms with van der Waals surface area (Å²) in [4.78, 5) is 0. The fourth-order valence-electron chi connectivity index (χ4n) is 3.60. The summed E-state index contributed by atoms with van der Waals surface area (Å²) in [7, 11) is -6.00. The molecule has 1 aliphatic heterocycles. The van der Waals surface area contributed by atoms with Crippen molar-refractivity contribution in [3.63, 3.8) is 0 Å². The molecular weight excluding hydrogens is 497 g/mol. The van der Waals surface area contributed by atoms with E-state index in [1.807, 2.05) is 92.7 Å². The van der Waals surface area contributed by atoms with Gasteiger partial charge in [-0.25, -0.2) is 0 Å². The molecule has 0 aliphatic carbocycles. The van der Waals surface area contributed by atoms with E-state index in [0.717, 1.165) is 28.0 Å². The summed E-state index contributed by atoms with van der Waals surface area (Å²) >= 11 is 0. The van der Waals surface area contributed by atoms with Crippen LogP contribution < -0.4 is 14.9 Å². The van der Waals surface area contributed by atoms with Crippen LogP contribution in [0, 0.1) is 0 Å². The van der Waals surface area contributed by atoms with E-state index in [2.05, 4.69) is 18.2 Å². The van der Waals surface area contributed by atoms with Gasteiger partial charge < -0.3 is 31.5 Å². The highest BCUT2D eigenvalue weighted by atomic mass is 19.5. The van der Waals surface area contributed by atoms with Crippen molar-refractivity contribution in [3.05, 3.63) is 120 Å². The molecule has 0 fully saturated rings. The van der Waals surface area contributed by atoms with Gasteiger partial charge in [0.1, 0.15) is 11.5 Å². The average molecular weight is 525 g/mol. The van der Waals surface area contributed by atoms with Gasteiger partial charge in [0.15, 0.2) is 11.5 Å². The minimum absolute atomic E-state index is 0.544. The summed E-state index contributed by atoms with van der Waals surface area (Å²) in [6.07, 6.45) is 5.92. The molecule has 3 aromatic carbocycles. The Hall–Kier alpha value is -4.27. The van der Waals surface area contributed by atoms with Crippen LogP contribution >= 0.6 is 0 Å². The summed E-state index contributed by atoms with van der Waals surface area (Å²) in [5.74, 6) is 2.82. The van der Waals surface area contributed by atoms with Crippen molar-refractivity contribution < 1.29 is 36.9 Å². The van der Waals surface area contributed by atoms with Gasteiger partial charge in [0, 0.05) is 11.1 Å². The molecule has 9 heteroatoms. The Bertz CT molecular complexity index is 1310. The normalized spacial score (nSPS) is 13.9. The summed E-state index contributed by atoms with van der Waals surface area (Å²) < 4.78 is 56.7. The van der Waals surface area contributed by atoms with E-state index in [1.54, 1.807) is 0 Å². The monoisotopic (exact) mass is 525 g/mol. The number of hydrogen-bond acceptors (Lipinski definition) is 3. The van der Waals surface area contributed by atoms with Crippen molar-refractivity contribution >= 4 is 24.3 Å². The number of hydrogen-bond donors (Lipinski definition) is 1. The second kappa shape index (κ2) is 13.3. The Balaban J connectivity index is 0.000000732. The Morgan fingerprint density at radius 2 is 1.34 bits per heavy atom. The number of rotatable bonds is 8. The molecule has 0 saturated heterocycles. The standard InChI is InChI=1S/C29H27NO3.BF4/c1-3-31-27-16-15-23(18-29(27)32-4-2)26(30)20-25-17-24(21-11-7-5-8-12-21)19-28(33-25)22-13-9-6-10-14-22;2-1(3,4)5/h5-20,30H,3-4H2,1-2H3;/q;-1/p+1. The quantitative estimate of drug-likeness (QED) is 0.211. The van der Waals surface area contributed by atoms with E-state index in [1.165, 1.54) is 0 Å². The highest BCUT2D eigenvalue weighted by Crippen LogP contribution is 2.32. The first-order chi connectivity index (χ1) is 18.2. The minimum atomic E-state index is -6.00. The van der Waals surface area contributed by atoms with Gasteiger partial charge in [-0.15, -0.1) is 0 Å². The zero-order valence-electron chi connectivity index (χ0n) is 21.0. The Labute approximate surface area is 219 Å². The lowest BCUT2D eigenvalue weighted by atomic mass is 10.00. The predicted octanol–water partition coefficient (Wildman–Crippen LogP) is 6.37. The summed E-state index contributed by atoms with van der Waals surface area (Å²) in [5, 5.41) is 6.50. The van der Waals surface area contributed by atoms with Crippen LogP contribution in [0.25, 0.3) is 11.3 Å².